The van der Waals surface area contributed by atoms with Gasteiger partial charge in [-0.15, -0.1) is 0 Å². The Hall–Kier alpha value is -3.29. The van der Waals surface area contributed by atoms with Gasteiger partial charge < -0.3 is 30.0 Å². The Labute approximate surface area is 138 Å². The molecule has 0 atom stereocenters. The fraction of sp³-hybridized carbons (Fsp3) is 0.188. The largest absolute Gasteiger partial charge is 0.530 e. The molecule has 126 valence electrons. The van der Waals surface area contributed by atoms with Gasteiger partial charge in [-0.25, -0.2) is 4.98 Å². The third kappa shape index (κ3) is 4.87. The molecule has 0 bridgehead atoms. The molecule has 0 fully saturated rings. The molecule has 0 spiro atoms. The maximum atomic E-state index is 12.2. The Balaban J connectivity index is 2.06. The van der Waals surface area contributed by atoms with Crippen molar-refractivity contribution in [2.24, 2.45) is 0 Å². The third-order valence-electron chi connectivity index (χ3n) is 2.93. The van der Waals surface area contributed by atoms with Gasteiger partial charge in [-0.3, -0.25) is 4.79 Å². The number of nitrogens with one attached hydrogen (secondary N) is 2. The molecule has 0 saturated heterocycles. The number of benzene rings is 1. The van der Waals surface area contributed by atoms with Crippen LogP contribution < -0.4 is 25.2 Å². The summed E-state index contributed by atoms with van der Waals surface area (Å²) in [6.07, 6.45) is 0.0661. The highest BCUT2D eigenvalue weighted by Gasteiger charge is 2.14. The number of pyridine rings is 1. The maximum absolute atomic E-state index is 12.2. The Bertz CT molecular complexity index is 720. The Morgan fingerprint density at radius 3 is 2.62 bits per heavy atom. The van der Waals surface area contributed by atoms with Crippen molar-refractivity contribution in [3.63, 3.8) is 0 Å². The number of ether oxygens (including phenoxy) is 2. The number of methoxy groups -OCH3 is 1. The van der Waals surface area contributed by atoms with Gasteiger partial charge in [0.1, 0.15) is 17.6 Å². The van der Waals surface area contributed by atoms with Gasteiger partial charge in [0.05, 0.1) is 7.11 Å². The van der Waals surface area contributed by atoms with Crippen LogP contribution in [-0.2, 0) is 0 Å². The van der Waals surface area contributed by atoms with Crippen molar-refractivity contribution < 1.29 is 24.2 Å². The van der Waals surface area contributed by atoms with Crippen LogP contribution in [0, 0.1) is 0 Å². The number of aromatic nitrogens is 1. The van der Waals surface area contributed by atoms with Gasteiger partial charge in [-0.05, 0) is 24.3 Å². The molecule has 0 saturated carbocycles. The second-order valence-corrected chi connectivity index (χ2v) is 4.60. The lowest BCUT2D eigenvalue weighted by Gasteiger charge is -2.12. The van der Waals surface area contributed by atoms with Crippen molar-refractivity contribution in [1.82, 2.24) is 15.6 Å². The summed E-state index contributed by atoms with van der Waals surface area (Å²) in [6.45, 7) is 0.134. The summed E-state index contributed by atoms with van der Waals surface area (Å²) in [6, 6.07) is 10.2. The van der Waals surface area contributed by atoms with Gasteiger partial charge in [-0.2, -0.15) is 0 Å². The molecular formula is C16H16N3O5-. The minimum Gasteiger partial charge on any atom is -0.530 e. The molecule has 8 nitrogen and oxygen atoms in total. The minimum absolute atomic E-state index is 0.0347. The van der Waals surface area contributed by atoms with E-state index in [1.807, 2.05) is 5.32 Å². The van der Waals surface area contributed by atoms with Crippen LogP contribution in [0.2, 0.25) is 0 Å². The molecule has 0 unspecified atom stereocenters. The zero-order chi connectivity index (χ0) is 17.4. The van der Waals surface area contributed by atoms with Gasteiger partial charge in [0.2, 0.25) is 0 Å². The second kappa shape index (κ2) is 8.37. The number of carboxylic acid groups (broad SMARTS) is 1. The highest BCUT2D eigenvalue weighted by molar-refractivity contribution is 5.95. The average molecular weight is 330 g/mol. The summed E-state index contributed by atoms with van der Waals surface area (Å²) in [5.41, 5.74) is 0.0915. The number of carbonyl (C=O) groups is 2. The van der Waals surface area contributed by atoms with Gasteiger partial charge in [0, 0.05) is 25.4 Å². The first-order valence-electron chi connectivity index (χ1n) is 7.10. The van der Waals surface area contributed by atoms with Crippen molar-refractivity contribution in [2.75, 3.05) is 20.2 Å². The highest BCUT2D eigenvalue weighted by atomic mass is 16.5. The van der Waals surface area contributed by atoms with Gasteiger partial charge in [-0.1, -0.05) is 6.07 Å². The van der Waals surface area contributed by atoms with Gasteiger partial charge in [0.25, 0.3) is 5.91 Å². The number of hydrogen-bond acceptors (Lipinski definition) is 6. The number of hydrogen-bond donors (Lipinski definition) is 2. The molecule has 1 aromatic carbocycles. The molecule has 2 rings (SSSR count). The molecule has 8 heteroatoms. The fourth-order valence-corrected chi connectivity index (χ4v) is 1.86. The monoisotopic (exact) mass is 330 g/mol. The molecule has 0 radical (unpaired) electrons. The summed E-state index contributed by atoms with van der Waals surface area (Å²) in [5, 5.41) is 14.8. The van der Waals surface area contributed by atoms with E-state index in [1.165, 1.54) is 6.20 Å². The van der Waals surface area contributed by atoms with Crippen molar-refractivity contribution in [1.29, 1.82) is 0 Å². The molecular weight excluding hydrogens is 314 g/mol. The van der Waals surface area contributed by atoms with Crippen LogP contribution in [-0.4, -0.2) is 37.2 Å². The van der Waals surface area contributed by atoms with E-state index < -0.39 is 12.0 Å². The van der Waals surface area contributed by atoms with E-state index in [2.05, 4.69) is 10.3 Å². The molecule has 2 amide bonds. The number of nitrogens with zero attached hydrogens (tertiary/aromatic N) is 1. The molecule has 2 aromatic rings. The normalized spacial score (nSPS) is 9.88. The molecule has 24 heavy (non-hydrogen) atoms. The van der Waals surface area contributed by atoms with E-state index in [-0.39, 0.29) is 24.5 Å². The van der Waals surface area contributed by atoms with E-state index >= 15 is 0 Å². The topological polar surface area (TPSA) is 113 Å². The highest BCUT2D eigenvalue weighted by Crippen LogP contribution is 2.26. The van der Waals surface area contributed by atoms with Crippen molar-refractivity contribution in [2.45, 2.75) is 0 Å². The van der Waals surface area contributed by atoms with Crippen LogP contribution in [0.15, 0.2) is 42.6 Å². The van der Waals surface area contributed by atoms with Crippen LogP contribution in [0.3, 0.4) is 0 Å². The van der Waals surface area contributed by atoms with Gasteiger partial charge >= 0.3 is 0 Å². The van der Waals surface area contributed by atoms with E-state index in [0.29, 0.717) is 11.5 Å². The van der Waals surface area contributed by atoms with Crippen molar-refractivity contribution in [3.05, 3.63) is 48.3 Å². The summed E-state index contributed by atoms with van der Waals surface area (Å²) in [5.74, 6) is 0.913. The zero-order valence-electron chi connectivity index (χ0n) is 12.9. The lowest BCUT2D eigenvalue weighted by Crippen LogP contribution is -2.41. The summed E-state index contributed by atoms with van der Waals surface area (Å²) >= 11 is 0. The van der Waals surface area contributed by atoms with Crippen LogP contribution >= 0.6 is 0 Å². The predicted octanol–water partition coefficient (Wildman–Crippen LogP) is 0.545. The first-order chi connectivity index (χ1) is 11.6. The first-order valence-corrected chi connectivity index (χ1v) is 7.10. The van der Waals surface area contributed by atoms with Crippen molar-refractivity contribution >= 4 is 12.0 Å². The first kappa shape index (κ1) is 17.1. The minimum atomic E-state index is -1.40. The van der Waals surface area contributed by atoms with E-state index in [1.54, 1.807) is 43.5 Å². The standard InChI is InChI=1S/C16H17N3O5/c1-23-11-4-2-5-12(10-11)24-13-6-3-7-17-14(13)15(20)18-8-9-19-16(21)22/h2-7,10,19H,8-9H2,1H3,(H,18,20)(H,21,22)/p-1. The quantitative estimate of drug-likeness (QED) is 0.717. The number of rotatable bonds is 7. The van der Waals surface area contributed by atoms with Crippen LogP contribution in [0.4, 0.5) is 4.79 Å². The Kier molecular flexibility index (Phi) is 5.95. The lowest BCUT2D eigenvalue weighted by atomic mass is 10.3. The predicted molar refractivity (Wildman–Crippen MR) is 83.0 cm³/mol. The SMILES string of the molecule is COc1cccc(Oc2cccnc2C(=O)NCCNC(=O)[O-])c1. The number of amides is 2. The van der Waals surface area contributed by atoms with Crippen LogP contribution in [0.5, 0.6) is 17.2 Å². The third-order valence-corrected chi connectivity index (χ3v) is 2.93. The molecule has 2 N–H and O–H groups in total. The maximum Gasteiger partial charge on any atom is 0.273 e. The average Bonchev–Trinajstić information content (AvgIpc) is 2.59. The van der Waals surface area contributed by atoms with E-state index in [0.717, 1.165) is 0 Å². The fourth-order valence-electron chi connectivity index (χ4n) is 1.86. The Morgan fingerprint density at radius 2 is 1.88 bits per heavy atom. The van der Waals surface area contributed by atoms with Gasteiger partial charge in [0.15, 0.2) is 11.4 Å². The van der Waals surface area contributed by atoms with E-state index in [4.69, 9.17) is 9.47 Å². The number of carbonyl (C=O) groups excluding carboxylic acids is 2. The molecule has 1 heterocycles. The van der Waals surface area contributed by atoms with Crippen LogP contribution in [0.1, 0.15) is 10.5 Å². The zero-order valence-corrected chi connectivity index (χ0v) is 12.9. The van der Waals surface area contributed by atoms with E-state index in [9.17, 15) is 14.7 Å². The van der Waals surface area contributed by atoms with Crippen molar-refractivity contribution in [3.8, 4) is 17.2 Å². The summed E-state index contributed by atoms with van der Waals surface area (Å²) in [7, 11) is 1.54. The molecule has 0 aliphatic rings. The smallest absolute Gasteiger partial charge is 0.273 e. The second-order valence-electron chi connectivity index (χ2n) is 4.60. The van der Waals surface area contributed by atoms with Crippen LogP contribution in [0.25, 0.3) is 0 Å². The molecule has 0 aliphatic heterocycles. The molecule has 1 aromatic heterocycles. The summed E-state index contributed by atoms with van der Waals surface area (Å²) < 4.78 is 10.8. The Morgan fingerprint density at radius 1 is 1.12 bits per heavy atom. The summed E-state index contributed by atoms with van der Waals surface area (Å²) in [4.78, 5) is 26.4. The lowest BCUT2D eigenvalue weighted by molar-refractivity contribution is -0.250. The molecule has 0 aliphatic carbocycles.